The quantitative estimate of drug-likeness (QED) is 0.522. The second kappa shape index (κ2) is 3.17. The Hall–Kier alpha value is -1.67. The molecule has 0 saturated carbocycles. The number of rotatable bonds is 0. The van der Waals surface area contributed by atoms with Gasteiger partial charge in [0.25, 0.3) is 0 Å². The second-order valence-electron chi connectivity index (χ2n) is 3.48. The Labute approximate surface area is 91.0 Å². The zero-order chi connectivity index (χ0) is 10.3. The summed E-state index contributed by atoms with van der Waals surface area (Å²) in [4.78, 5) is 11.3. The van der Waals surface area contributed by atoms with Crippen LogP contribution in [0.5, 0.6) is 0 Å². The molecule has 72 valence electrons. The predicted octanol–water partition coefficient (Wildman–Crippen LogP) is 3.37. The highest BCUT2D eigenvalue weighted by molar-refractivity contribution is 7.17. The molecule has 2 aliphatic rings. The van der Waals surface area contributed by atoms with E-state index < -0.39 is 0 Å². The van der Waals surface area contributed by atoms with Gasteiger partial charge in [0.15, 0.2) is 5.43 Å². The Bertz CT molecular complexity index is 654. The van der Waals surface area contributed by atoms with Crippen molar-refractivity contribution >= 4 is 21.4 Å². The van der Waals surface area contributed by atoms with E-state index >= 15 is 0 Å². The third-order valence-electron chi connectivity index (χ3n) is 2.51. The molecule has 2 heteroatoms. The van der Waals surface area contributed by atoms with Gasteiger partial charge >= 0.3 is 0 Å². The van der Waals surface area contributed by atoms with Gasteiger partial charge in [-0.15, -0.1) is 11.3 Å². The minimum atomic E-state index is 0.0730. The maximum Gasteiger partial charge on any atom is 0.179 e. The van der Waals surface area contributed by atoms with E-state index in [1.54, 1.807) is 23.5 Å². The monoisotopic (exact) mass is 212 g/mol. The van der Waals surface area contributed by atoms with Crippen molar-refractivity contribution in [3.8, 4) is 11.1 Å². The van der Waals surface area contributed by atoms with Crippen LogP contribution in [-0.4, -0.2) is 0 Å². The molecule has 0 radical (unpaired) electrons. The lowest BCUT2D eigenvalue weighted by atomic mass is 10.0. The largest absolute Gasteiger partial charge is 0.290 e. The fraction of sp³-hybridized carbons (Fsp3) is 0. The normalized spacial score (nSPS) is 10.9. The van der Waals surface area contributed by atoms with Crippen LogP contribution >= 0.6 is 11.3 Å². The fourth-order valence-corrected chi connectivity index (χ4v) is 2.71. The number of hydrogen-bond donors (Lipinski definition) is 0. The van der Waals surface area contributed by atoms with Gasteiger partial charge < -0.3 is 0 Å². The van der Waals surface area contributed by atoms with Crippen LogP contribution in [0.2, 0.25) is 0 Å². The molecule has 1 heterocycles. The lowest BCUT2D eigenvalue weighted by Gasteiger charge is -2.07. The van der Waals surface area contributed by atoms with E-state index in [1.165, 1.54) is 4.70 Å². The van der Waals surface area contributed by atoms with Crippen LogP contribution < -0.4 is 5.43 Å². The van der Waals surface area contributed by atoms with Crippen LogP contribution in [0.4, 0.5) is 0 Å². The highest BCUT2D eigenvalue weighted by atomic mass is 32.1. The molecular formula is C13H8OS. The van der Waals surface area contributed by atoms with Crippen LogP contribution in [0.1, 0.15) is 0 Å². The zero-order valence-electron chi connectivity index (χ0n) is 7.94. The molecule has 0 amide bonds. The minimum Gasteiger partial charge on any atom is -0.290 e. The third kappa shape index (κ3) is 1.34. The summed E-state index contributed by atoms with van der Waals surface area (Å²) in [6.07, 6.45) is 0. The molecule has 0 spiro atoms. The summed E-state index contributed by atoms with van der Waals surface area (Å²) in [6, 6.07) is 13.4. The van der Waals surface area contributed by atoms with Crippen molar-refractivity contribution in [1.82, 2.24) is 0 Å². The zero-order valence-corrected chi connectivity index (χ0v) is 8.75. The third-order valence-corrected chi connectivity index (χ3v) is 3.50. The first-order valence-electron chi connectivity index (χ1n) is 4.75. The van der Waals surface area contributed by atoms with E-state index in [0.29, 0.717) is 0 Å². The molecule has 15 heavy (non-hydrogen) atoms. The maximum absolute atomic E-state index is 11.3. The van der Waals surface area contributed by atoms with E-state index in [4.69, 9.17) is 0 Å². The molecule has 1 aromatic carbocycles. The van der Waals surface area contributed by atoms with Crippen molar-refractivity contribution in [2.45, 2.75) is 0 Å². The van der Waals surface area contributed by atoms with Crippen LogP contribution in [0.25, 0.3) is 21.2 Å². The number of fused-ring (bicyclic) bond motifs is 3. The lowest BCUT2D eigenvalue weighted by molar-refractivity contribution is 1.59. The Kier molecular flexibility index (Phi) is 1.82. The molecule has 1 aliphatic heterocycles. The van der Waals surface area contributed by atoms with Gasteiger partial charge in [-0.25, -0.2) is 0 Å². The predicted molar refractivity (Wildman–Crippen MR) is 64.7 cm³/mol. The van der Waals surface area contributed by atoms with Crippen LogP contribution in [0, 0.1) is 0 Å². The van der Waals surface area contributed by atoms with Gasteiger partial charge in [-0.2, -0.15) is 0 Å². The molecule has 0 fully saturated rings. The van der Waals surface area contributed by atoms with E-state index in [0.717, 1.165) is 16.5 Å². The van der Waals surface area contributed by atoms with Crippen molar-refractivity contribution in [3.63, 3.8) is 0 Å². The van der Waals surface area contributed by atoms with Gasteiger partial charge in [-0.3, -0.25) is 4.79 Å². The SMILES string of the molecule is O=c1ccc2csc3ccccc3c-2c1. The lowest BCUT2D eigenvalue weighted by Crippen LogP contribution is -1.97. The van der Waals surface area contributed by atoms with Crippen molar-refractivity contribution in [2.75, 3.05) is 0 Å². The molecule has 3 rings (SSSR count). The molecule has 0 N–H and O–H groups in total. The molecule has 1 aliphatic carbocycles. The van der Waals surface area contributed by atoms with Crippen LogP contribution in [-0.2, 0) is 0 Å². The molecule has 0 unspecified atom stereocenters. The van der Waals surface area contributed by atoms with E-state index in [-0.39, 0.29) is 5.43 Å². The number of hydrogen-bond acceptors (Lipinski definition) is 2. The second-order valence-corrected chi connectivity index (χ2v) is 4.39. The Morgan fingerprint density at radius 1 is 1.00 bits per heavy atom. The number of benzene rings is 2. The smallest absolute Gasteiger partial charge is 0.179 e. The Morgan fingerprint density at radius 3 is 2.80 bits per heavy atom. The molecule has 0 atom stereocenters. The van der Waals surface area contributed by atoms with Gasteiger partial charge in [0.2, 0.25) is 0 Å². The van der Waals surface area contributed by atoms with Crippen LogP contribution in [0.3, 0.4) is 0 Å². The van der Waals surface area contributed by atoms with E-state index in [2.05, 4.69) is 17.5 Å². The summed E-state index contributed by atoms with van der Waals surface area (Å²) in [6.45, 7) is 0. The van der Waals surface area contributed by atoms with Crippen molar-refractivity contribution < 1.29 is 0 Å². The molecule has 0 saturated heterocycles. The van der Waals surface area contributed by atoms with E-state index in [1.807, 2.05) is 18.2 Å². The average Bonchev–Trinajstić information content (AvgIpc) is 2.29. The van der Waals surface area contributed by atoms with Gasteiger partial charge in [0.05, 0.1) is 0 Å². The summed E-state index contributed by atoms with van der Waals surface area (Å²) >= 11 is 1.71. The molecule has 1 aromatic rings. The standard InChI is InChI=1S/C13H8OS/c14-10-6-5-9-8-15-13-4-2-1-3-11(13)12(9)7-10/h1-8H. The van der Waals surface area contributed by atoms with Crippen molar-refractivity contribution in [3.05, 3.63) is 58.1 Å². The first-order valence-corrected chi connectivity index (χ1v) is 5.63. The summed E-state index contributed by atoms with van der Waals surface area (Å²) in [5.41, 5.74) is 2.26. The van der Waals surface area contributed by atoms with Gasteiger partial charge in [0.1, 0.15) is 0 Å². The van der Waals surface area contributed by atoms with Gasteiger partial charge in [-0.1, -0.05) is 18.2 Å². The van der Waals surface area contributed by atoms with Crippen molar-refractivity contribution in [2.24, 2.45) is 0 Å². The molecule has 1 nitrogen and oxygen atoms in total. The fourth-order valence-electron chi connectivity index (χ4n) is 1.79. The molecule has 0 aromatic heterocycles. The first kappa shape index (κ1) is 8.62. The van der Waals surface area contributed by atoms with E-state index in [9.17, 15) is 4.79 Å². The summed E-state index contributed by atoms with van der Waals surface area (Å²) in [5.74, 6) is 0. The van der Waals surface area contributed by atoms with Crippen LogP contribution in [0.15, 0.2) is 52.6 Å². The first-order chi connectivity index (χ1) is 7.34. The highest BCUT2D eigenvalue weighted by Crippen LogP contribution is 2.32. The summed E-state index contributed by atoms with van der Waals surface area (Å²) in [5, 5.41) is 3.26. The molecular weight excluding hydrogens is 204 g/mol. The Balaban J connectivity index is 2.57. The van der Waals surface area contributed by atoms with Gasteiger partial charge in [0, 0.05) is 4.70 Å². The summed E-state index contributed by atoms with van der Waals surface area (Å²) < 4.78 is 1.22. The topological polar surface area (TPSA) is 17.1 Å². The summed E-state index contributed by atoms with van der Waals surface area (Å²) in [7, 11) is 0. The minimum absolute atomic E-state index is 0.0730. The average molecular weight is 212 g/mol. The maximum atomic E-state index is 11.3. The highest BCUT2D eigenvalue weighted by Gasteiger charge is 2.06. The molecule has 0 bridgehead atoms. The Morgan fingerprint density at radius 2 is 1.87 bits per heavy atom. The van der Waals surface area contributed by atoms with Crippen molar-refractivity contribution in [1.29, 1.82) is 0 Å². The van der Waals surface area contributed by atoms with Gasteiger partial charge in [-0.05, 0) is 46.2 Å².